The van der Waals surface area contributed by atoms with Crippen LogP contribution in [-0.2, 0) is 14.3 Å². The summed E-state index contributed by atoms with van der Waals surface area (Å²) in [5, 5.41) is 0.832. The number of amides is 2. The lowest BCUT2D eigenvalue weighted by Crippen LogP contribution is -2.41. The fourth-order valence-electron chi connectivity index (χ4n) is 5.35. The molecule has 3 fully saturated rings. The molecule has 3 heterocycles. The van der Waals surface area contributed by atoms with Gasteiger partial charge in [-0.1, -0.05) is 18.2 Å². The monoisotopic (exact) mass is 536 g/mol. The molecule has 2 aliphatic carbocycles. The maximum Gasteiger partial charge on any atom is 0.248 e. The Labute approximate surface area is 230 Å². The van der Waals surface area contributed by atoms with Gasteiger partial charge in [0, 0.05) is 24.1 Å². The predicted octanol–water partition coefficient (Wildman–Crippen LogP) is 5.05. The molecule has 2 aromatic carbocycles. The Balaban J connectivity index is 1.11. The molecule has 2 aromatic heterocycles. The van der Waals surface area contributed by atoms with Gasteiger partial charge >= 0.3 is 0 Å². The Morgan fingerprint density at radius 1 is 0.950 bits per heavy atom. The Morgan fingerprint density at radius 3 is 2.42 bits per heavy atom. The van der Waals surface area contributed by atoms with Crippen molar-refractivity contribution in [2.75, 3.05) is 11.5 Å². The molecule has 0 radical (unpaired) electrons. The molecule has 0 bridgehead atoms. The van der Waals surface area contributed by atoms with Gasteiger partial charge in [-0.25, -0.2) is 4.98 Å². The topological polar surface area (TPSA) is 117 Å². The average molecular weight is 537 g/mol. The van der Waals surface area contributed by atoms with Crippen LogP contribution < -0.4 is 20.1 Å². The SMILES string of the molecule is NC(=O)C1(C(=O)N(c2ccccc2)c2ccc(Oc3ccnc4cc(OC5COC6(CC6)C5)ccc34)cn2)CC1. The summed E-state index contributed by atoms with van der Waals surface area (Å²) in [6.45, 7) is 0.619. The summed E-state index contributed by atoms with van der Waals surface area (Å²) < 4.78 is 18.2. The van der Waals surface area contributed by atoms with Crippen LogP contribution in [0.25, 0.3) is 10.9 Å². The third-order valence-electron chi connectivity index (χ3n) is 7.99. The highest BCUT2D eigenvalue weighted by Crippen LogP contribution is 2.49. The Kier molecular flexibility index (Phi) is 5.71. The van der Waals surface area contributed by atoms with Crippen molar-refractivity contribution in [2.24, 2.45) is 11.1 Å². The van der Waals surface area contributed by atoms with Gasteiger partial charge in [0.25, 0.3) is 0 Å². The number of ether oxygens (including phenoxy) is 3. The second kappa shape index (κ2) is 9.31. The highest BCUT2D eigenvalue weighted by atomic mass is 16.6. The van der Waals surface area contributed by atoms with Crippen LogP contribution in [-0.4, -0.2) is 40.1 Å². The van der Waals surface area contributed by atoms with Crippen molar-refractivity contribution in [2.45, 2.75) is 43.8 Å². The molecule has 4 aromatic rings. The standard InChI is InChI=1S/C31H28N4O5/c32-28(36)31(13-14-31)29(37)35(20-4-2-1-3-5-20)27-9-7-22(18-34-27)40-26-10-15-33-25-16-21(6-8-24(25)26)39-23-17-30(11-12-30)38-19-23/h1-10,15-16,18,23H,11-14,17,19H2,(H2,32,36). The Morgan fingerprint density at radius 2 is 1.75 bits per heavy atom. The number of anilines is 2. The molecule has 3 aliphatic rings. The third-order valence-corrected chi connectivity index (χ3v) is 7.99. The predicted molar refractivity (Wildman–Crippen MR) is 147 cm³/mol. The van der Waals surface area contributed by atoms with Gasteiger partial charge in [0.05, 0.1) is 29.6 Å². The number of para-hydroxylation sites is 1. The maximum atomic E-state index is 13.5. The summed E-state index contributed by atoms with van der Waals surface area (Å²) >= 11 is 0. The van der Waals surface area contributed by atoms with Gasteiger partial charge in [-0.2, -0.15) is 0 Å². The van der Waals surface area contributed by atoms with E-state index in [4.69, 9.17) is 19.9 Å². The van der Waals surface area contributed by atoms with E-state index in [1.54, 1.807) is 42.7 Å². The second-order valence-corrected chi connectivity index (χ2v) is 10.8. The molecule has 2 N–H and O–H groups in total. The van der Waals surface area contributed by atoms with E-state index in [0.717, 1.165) is 35.9 Å². The van der Waals surface area contributed by atoms with Crippen LogP contribution in [0.2, 0.25) is 0 Å². The molecule has 1 atom stereocenters. The molecule has 9 heteroatoms. The minimum Gasteiger partial charge on any atom is -0.488 e. The zero-order chi connectivity index (χ0) is 27.3. The zero-order valence-electron chi connectivity index (χ0n) is 21.8. The number of benzene rings is 2. The van der Waals surface area contributed by atoms with E-state index in [0.29, 0.717) is 42.5 Å². The van der Waals surface area contributed by atoms with E-state index < -0.39 is 11.3 Å². The summed E-state index contributed by atoms with van der Waals surface area (Å²) in [6, 6.07) is 20.1. The van der Waals surface area contributed by atoms with Crippen LogP contribution in [0.1, 0.15) is 32.1 Å². The molecule has 7 rings (SSSR count). The minimum atomic E-state index is -1.19. The van der Waals surface area contributed by atoms with Crippen molar-refractivity contribution in [1.82, 2.24) is 9.97 Å². The number of hydrogen-bond acceptors (Lipinski definition) is 7. The van der Waals surface area contributed by atoms with E-state index in [2.05, 4.69) is 9.97 Å². The van der Waals surface area contributed by atoms with Crippen LogP contribution in [0.3, 0.4) is 0 Å². The Bertz CT molecular complexity index is 1600. The lowest BCUT2D eigenvalue weighted by atomic mass is 10.0. The first kappa shape index (κ1) is 24.5. The quantitative estimate of drug-likeness (QED) is 0.313. The number of primary amides is 1. The van der Waals surface area contributed by atoms with Gasteiger partial charge in [0.15, 0.2) is 0 Å². The van der Waals surface area contributed by atoms with Crippen LogP contribution in [0.15, 0.2) is 79.1 Å². The average Bonchev–Trinajstić information content (AvgIpc) is 3.88. The van der Waals surface area contributed by atoms with Crippen molar-refractivity contribution in [3.8, 4) is 17.2 Å². The molecule has 1 unspecified atom stereocenters. The number of fused-ring (bicyclic) bond motifs is 1. The molecule has 1 aliphatic heterocycles. The minimum absolute atomic E-state index is 0.0593. The first-order valence-electron chi connectivity index (χ1n) is 13.5. The molecule has 9 nitrogen and oxygen atoms in total. The number of carbonyl (C=O) groups excluding carboxylic acids is 2. The largest absolute Gasteiger partial charge is 0.488 e. The Hall–Kier alpha value is -4.50. The first-order chi connectivity index (χ1) is 19.4. The summed E-state index contributed by atoms with van der Waals surface area (Å²) in [4.78, 5) is 36.1. The lowest BCUT2D eigenvalue weighted by molar-refractivity contribution is -0.133. The number of hydrogen-bond donors (Lipinski definition) is 1. The van der Waals surface area contributed by atoms with E-state index >= 15 is 0 Å². The van der Waals surface area contributed by atoms with Gasteiger partial charge in [-0.3, -0.25) is 19.5 Å². The normalized spacial score (nSPS) is 19.8. The summed E-state index contributed by atoms with van der Waals surface area (Å²) in [6.07, 6.45) is 7.35. The van der Waals surface area contributed by atoms with Crippen molar-refractivity contribution >= 4 is 34.2 Å². The number of aromatic nitrogens is 2. The first-order valence-corrected chi connectivity index (χ1v) is 13.5. The molecular weight excluding hydrogens is 508 g/mol. The summed E-state index contributed by atoms with van der Waals surface area (Å²) in [7, 11) is 0. The zero-order valence-corrected chi connectivity index (χ0v) is 21.8. The molecule has 2 saturated carbocycles. The number of rotatable bonds is 8. The maximum absolute atomic E-state index is 13.5. The van der Waals surface area contributed by atoms with Crippen LogP contribution in [0.4, 0.5) is 11.5 Å². The molecule has 1 spiro atoms. The third kappa shape index (κ3) is 4.42. The van der Waals surface area contributed by atoms with Crippen molar-refractivity contribution < 1.29 is 23.8 Å². The highest BCUT2D eigenvalue weighted by molar-refractivity contribution is 6.16. The van der Waals surface area contributed by atoms with Gasteiger partial charge in [-0.15, -0.1) is 0 Å². The van der Waals surface area contributed by atoms with E-state index in [-0.39, 0.29) is 17.6 Å². The van der Waals surface area contributed by atoms with E-state index in [1.807, 2.05) is 36.4 Å². The van der Waals surface area contributed by atoms with Gasteiger partial charge in [-0.05, 0) is 68.1 Å². The van der Waals surface area contributed by atoms with Crippen molar-refractivity contribution in [3.05, 3.63) is 79.1 Å². The second-order valence-electron chi connectivity index (χ2n) is 10.8. The number of pyridine rings is 2. The highest BCUT2D eigenvalue weighted by Gasteiger charge is 2.57. The van der Waals surface area contributed by atoms with Gasteiger partial charge < -0.3 is 19.9 Å². The molecular formula is C31H28N4O5. The number of carbonyl (C=O) groups is 2. The summed E-state index contributed by atoms with van der Waals surface area (Å²) in [5.74, 6) is 1.26. The van der Waals surface area contributed by atoms with Crippen LogP contribution in [0.5, 0.6) is 17.2 Å². The fourth-order valence-corrected chi connectivity index (χ4v) is 5.35. The van der Waals surface area contributed by atoms with E-state index in [9.17, 15) is 9.59 Å². The van der Waals surface area contributed by atoms with Crippen molar-refractivity contribution in [1.29, 1.82) is 0 Å². The number of nitrogens with two attached hydrogens (primary N) is 1. The van der Waals surface area contributed by atoms with E-state index in [1.165, 1.54) is 4.90 Å². The summed E-state index contributed by atoms with van der Waals surface area (Å²) in [5.41, 5.74) is 5.84. The number of nitrogens with zero attached hydrogens (tertiary/aromatic N) is 3. The van der Waals surface area contributed by atoms with Crippen molar-refractivity contribution in [3.63, 3.8) is 0 Å². The van der Waals surface area contributed by atoms with Gasteiger partial charge in [0.1, 0.15) is 34.6 Å². The molecule has 202 valence electrons. The molecule has 2 amide bonds. The fraction of sp³-hybridized carbons (Fsp3) is 0.290. The molecule has 40 heavy (non-hydrogen) atoms. The van der Waals surface area contributed by atoms with Crippen LogP contribution in [0, 0.1) is 5.41 Å². The van der Waals surface area contributed by atoms with Crippen LogP contribution >= 0.6 is 0 Å². The smallest absolute Gasteiger partial charge is 0.248 e. The van der Waals surface area contributed by atoms with Gasteiger partial charge in [0.2, 0.25) is 11.8 Å². The molecule has 1 saturated heterocycles. The lowest BCUT2D eigenvalue weighted by Gasteiger charge is -2.25.